The Balaban J connectivity index is 1.14. The number of nitrogens with one attached hydrogen (secondary N) is 2. The molecule has 4 aromatic rings. The van der Waals surface area contributed by atoms with Crippen LogP contribution in [0.4, 0.5) is 11.5 Å². The Morgan fingerprint density at radius 3 is 2.66 bits per heavy atom. The number of amides is 1. The van der Waals surface area contributed by atoms with Crippen molar-refractivity contribution in [3.05, 3.63) is 66.2 Å². The summed E-state index contributed by atoms with van der Waals surface area (Å²) in [6.45, 7) is 4.76. The lowest BCUT2D eigenvalue weighted by Crippen LogP contribution is -2.42. The van der Waals surface area contributed by atoms with Crippen molar-refractivity contribution in [1.29, 1.82) is 0 Å². The number of nitrogens with zero attached hydrogens (tertiary/aromatic N) is 5. The Kier molecular flexibility index (Phi) is 7.02. The van der Waals surface area contributed by atoms with Crippen LogP contribution in [0.25, 0.3) is 22.3 Å². The zero-order valence-corrected chi connectivity index (χ0v) is 21.6. The summed E-state index contributed by atoms with van der Waals surface area (Å²) < 4.78 is 0. The number of piperidine rings is 2. The molecule has 1 amide bonds. The summed E-state index contributed by atoms with van der Waals surface area (Å²) >= 11 is 0. The number of hydrogen-bond acceptors (Lipinski definition) is 7. The Labute approximate surface area is 222 Å². The number of likely N-dealkylation sites (tertiary alicyclic amines) is 1. The van der Waals surface area contributed by atoms with Gasteiger partial charge in [0.05, 0.1) is 5.39 Å². The number of H-pyrrole nitrogens is 1. The van der Waals surface area contributed by atoms with Gasteiger partial charge in [-0.05, 0) is 80.1 Å². The molecule has 0 bridgehead atoms. The highest BCUT2D eigenvalue weighted by molar-refractivity contribution is 6.03. The molecule has 2 fully saturated rings. The van der Waals surface area contributed by atoms with Crippen molar-refractivity contribution in [3.8, 4) is 11.3 Å². The van der Waals surface area contributed by atoms with Gasteiger partial charge in [0.25, 0.3) is 5.91 Å². The predicted molar refractivity (Wildman–Crippen MR) is 150 cm³/mol. The van der Waals surface area contributed by atoms with Crippen LogP contribution in [0.3, 0.4) is 0 Å². The lowest BCUT2D eigenvalue weighted by Gasteiger charge is -2.30. The molecule has 1 atom stereocenters. The van der Waals surface area contributed by atoms with Gasteiger partial charge in [-0.1, -0.05) is 12.1 Å². The second-order valence-electron chi connectivity index (χ2n) is 10.4. The molecule has 0 saturated carbocycles. The third-order valence-electron chi connectivity index (χ3n) is 7.52. The summed E-state index contributed by atoms with van der Waals surface area (Å²) in [6, 6.07) is 14.0. The third kappa shape index (κ3) is 5.39. The highest BCUT2D eigenvalue weighted by Crippen LogP contribution is 2.30. The maximum atomic E-state index is 12.9. The van der Waals surface area contributed by atoms with E-state index in [-0.39, 0.29) is 11.9 Å². The van der Waals surface area contributed by atoms with Crippen LogP contribution in [0, 0.1) is 0 Å². The molecule has 196 valence electrons. The standard InChI is InChI=1S/C29H34N8O/c30-22-5-4-12-36(18-22)17-20-10-11-31-26(15-20)29(38)34-23-8-6-21(7-9-23)25-16-24-27(35-25)32-19-33-28(24)37-13-2-1-3-14-37/h6-11,15-16,19,22H,1-5,12-14,17-18,30H2,(H,34,38)(H,32,33,35). The number of pyridine rings is 1. The quantitative estimate of drug-likeness (QED) is 0.356. The van der Waals surface area contributed by atoms with Crippen LogP contribution < -0.4 is 16.0 Å². The molecule has 9 nitrogen and oxygen atoms in total. The van der Waals surface area contributed by atoms with Crippen LogP contribution in [0.1, 0.15) is 48.2 Å². The fourth-order valence-corrected chi connectivity index (χ4v) is 5.56. The number of fused-ring (bicyclic) bond motifs is 1. The molecule has 38 heavy (non-hydrogen) atoms. The lowest BCUT2D eigenvalue weighted by molar-refractivity contribution is 0.102. The molecule has 1 aromatic carbocycles. The molecular formula is C29H34N8O. The first-order chi connectivity index (χ1) is 18.6. The number of aromatic amines is 1. The second-order valence-corrected chi connectivity index (χ2v) is 10.4. The molecule has 2 aliphatic rings. The van der Waals surface area contributed by atoms with Crippen LogP contribution in [0.15, 0.2) is 55.0 Å². The number of hydrogen-bond donors (Lipinski definition) is 3. The monoisotopic (exact) mass is 510 g/mol. The van der Waals surface area contributed by atoms with Crippen molar-refractivity contribution < 1.29 is 4.79 Å². The minimum Gasteiger partial charge on any atom is -0.356 e. The Morgan fingerprint density at radius 1 is 1.00 bits per heavy atom. The van der Waals surface area contributed by atoms with E-state index in [9.17, 15) is 4.79 Å². The summed E-state index contributed by atoms with van der Waals surface area (Å²) in [5.41, 5.74) is 11.2. The number of nitrogens with two attached hydrogens (primary N) is 1. The van der Waals surface area contributed by atoms with Crippen LogP contribution in [-0.2, 0) is 6.54 Å². The van der Waals surface area contributed by atoms with Gasteiger partial charge in [0.2, 0.25) is 0 Å². The normalized spacial score (nSPS) is 18.6. The average molecular weight is 511 g/mol. The topological polar surface area (TPSA) is 116 Å². The van der Waals surface area contributed by atoms with Crippen molar-refractivity contribution in [3.63, 3.8) is 0 Å². The predicted octanol–water partition coefficient (Wildman–Crippen LogP) is 4.19. The molecule has 5 heterocycles. The first-order valence-electron chi connectivity index (χ1n) is 13.6. The highest BCUT2D eigenvalue weighted by atomic mass is 16.1. The number of aromatic nitrogens is 4. The van der Waals surface area contributed by atoms with E-state index in [0.717, 1.165) is 84.9 Å². The summed E-state index contributed by atoms with van der Waals surface area (Å²) in [7, 11) is 0. The largest absolute Gasteiger partial charge is 0.356 e. The minimum absolute atomic E-state index is 0.220. The summed E-state index contributed by atoms with van der Waals surface area (Å²) in [5.74, 6) is 0.779. The van der Waals surface area contributed by atoms with Gasteiger partial charge < -0.3 is 20.9 Å². The molecule has 9 heteroatoms. The van der Waals surface area contributed by atoms with E-state index in [2.05, 4.69) is 41.1 Å². The van der Waals surface area contributed by atoms with Gasteiger partial charge in [-0.25, -0.2) is 9.97 Å². The molecule has 3 aromatic heterocycles. The molecule has 1 unspecified atom stereocenters. The van der Waals surface area contributed by atoms with Crippen LogP contribution in [-0.4, -0.2) is 63.0 Å². The maximum absolute atomic E-state index is 12.9. The van der Waals surface area contributed by atoms with E-state index in [1.165, 1.54) is 19.3 Å². The molecule has 0 aliphatic carbocycles. The highest BCUT2D eigenvalue weighted by Gasteiger charge is 2.19. The Morgan fingerprint density at radius 2 is 1.84 bits per heavy atom. The average Bonchev–Trinajstić information content (AvgIpc) is 3.39. The molecule has 6 rings (SSSR count). The number of carbonyl (C=O) groups is 1. The van der Waals surface area contributed by atoms with E-state index in [4.69, 9.17) is 5.73 Å². The van der Waals surface area contributed by atoms with E-state index in [0.29, 0.717) is 5.69 Å². The molecule has 4 N–H and O–H groups in total. The van der Waals surface area contributed by atoms with Crippen LogP contribution in [0.2, 0.25) is 0 Å². The first-order valence-corrected chi connectivity index (χ1v) is 13.6. The van der Waals surface area contributed by atoms with Crippen molar-refractivity contribution in [2.75, 3.05) is 36.4 Å². The zero-order chi connectivity index (χ0) is 25.9. The molecular weight excluding hydrogens is 476 g/mol. The van der Waals surface area contributed by atoms with E-state index in [1.54, 1.807) is 12.5 Å². The van der Waals surface area contributed by atoms with Crippen LogP contribution in [0.5, 0.6) is 0 Å². The van der Waals surface area contributed by atoms with Gasteiger partial charge in [-0.3, -0.25) is 14.7 Å². The number of anilines is 2. The van der Waals surface area contributed by atoms with Crippen molar-refractivity contribution in [1.82, 2.24) is 24.8 Å². The fraction of sp³-hybridized carbons (Fsp3) is 0.379. The lowest BCUT2D eigenvalue weighted by atomic mass is 10.1. The van der Waals surface area contributed by atoms with Crippen molar-refractivity contribution in [2.24, 2.45) is 5.73 Å². The second kappa shape index (κ2) is 10.9. The van der Waals surface area contributed by atoms with E-state index < -0.39 is 0 Å². The van der Waals surface area contributed by atoms with Crippen molar-refractivity contribution in [2.45, 2.75) is 44.7 Å². The number of carbonyl (C=O) groups excluding carboxylic acids is 1. The van der Waals surface area contributed by atoms with E-state index >= 15 is 0 Å². The van der Waals surface area contributed by atoms with E-state index in [1.807, 2.05) is 36.4 Å². The van der Waals surface area contributed by atoms with Gasteiger partial charge in [0, 0.05) is 49.8 Å². The first kappa shape index (κ1) is 24.5. The molecule has 0 spiro atoms. The minimum atomic E-state index is -0.220. The maximum Gasteiger partial charge on any atom is 0.274 e. The summed E-state index contributed by atoms with van der Waals surface area (Å²) in [6.07, 6.45) is 9.20. The van der Waals surface area contributed by atoms with Gasteiger partial charge >= 0.3 is 0 Å². The zero-order valence-electron chi connectivity index (χ0n) is 21.6. The smallest absolute Gasteiger partial charge is 0.274 e. The van der Waals surface area contributed by atoms with Gasteiger partial charge in [-0.15, -0.1) is 0 Å². The Hall–Kier alpha value is -3.82. The molecule has 2 aliphatic heterocycles. The number of benzene rings is 1. The Bertz CT molecular complexity index is 1410. The van der Waals surface area contributed by atoms with Gasteiger partial charge in [0.15, 0.2) is 0 Å². The summed E-state index contributed by atoms with van der Waals surface area (Å²) in [5, 5.41) is 4.02. The molecule has 2 saturated heterocycles. The fourth-order valence-electron chi connectivity index (χ4n) is 5.56. The van der Waals surface area contributed by atoms with Gasteiger partial charge in [0.1, 0.15) is 23.5 Å². The molecule has 0 radical (unpaired) electrons. The SMILES string of the molecule is NC1CCCN(Cc2ccnc(C(=O)Nc3ccc(-c4cc5c(N6CCCCC6)ncnc5[nH]4)cc3)c2)C1. The van der Waals surface area contributed by atoms with Gasteiger partial charge in [-0.2, -0.15) is 0 Å². The van der Waals surface area contributed by atoms with Crippen LogP contribution >= 0.6 is 0 Å². The summed E-state index contributed by atoms with van der Waals surface area (Å²) in [4.78, 5) is 34.4. The van der Waals surface area contributed by atoms with Crippen molar-refractivity contribution >= 4 is 28.4 Å². The number of rotatable bonds is 6. The third-order valence-corrected chi connectivity index (χ3v) is 7.52.